The van der Waals surface area contributed by atoms with E-state index >= 15 is 0 Å². The number of hydrazone groups is 1. The Kier molecular flexibility index (Phi) is 7.18. The summed E-state index contributed by atoms with van der Waals surface area (Å²) in [7, 11) is 1.44. The van der Waals surface area contributed by atoms with Gasteiger partial charge in [-0.15, -0.1) is 0 Å². The number of carboxylic acid groups (broad SMARTS) is 1. The highest BCUT2D eigenvalue weighted by Gasteiger charge is 2.11. The normalized spacial score (nSPS) is 10.5. The molecule has 0 unspecified atom stereocenters. The fourth-order valence-corrected chi connectivity index (χ4v) is 2.51. The molecule has 0 bridgehead atoms. The number of nitrogens with one attached hydrogen (secondary N) is 2. The minimum atomic E-state index is -1.09. The number of para-hydroxylation sites is 1. The molecule has 0 fully saturated rings. The molecule has 2 amide bonds. The fraction of sp³-hybridized carbons (Fsp3) is 0.167. The largest absolute Gasteiger partial charge is 0.493 e. The number of aryl methyl sites for hydroxylation is 1. The number of rotatable bonds is 7. The zero-order chi connectivity index (χ0) is 19.8. The van der Waals surface area contributed by atoms with Gasteiger partial charge in [0.1, 0.15) is 0 Å². The lowest BCUT2D eigenvalue weighted by atomic mass is 10.2. The molecule has 0 atom stereocenters. The van der Waals surface area contributed by atoms with E-state index in [2.05, 4.69) is 31.8 Å². The van der Waals surface area contributed by atoms with Gasteiger partial charge < -0.3 is 19.9 Å². The third-order valence-corrected chi connectivity index (χ3v) is 4.08. The van der Waals surface area contributed by atoms with Crippen molar-refractivity contribution in [2.75, 3.05) is 19.0 Å². The van der Waals surface area contributed by atoms with E-state index in [1.54, 1.807) is 18.2 Å². The summed E-state index contributed by atoms with van der Waals surface area (Å²) in [6.45, 7) is 1.40. The summed E-state index contributed by atoms with van der Waals surface area (Å²) in [6.07, 6.45) is 1.42. The summed E-state index contributed by atoms with van der Waals surface area (Å²) in [6, 6.07) is 10.1. The van der Waals surface area contributed by atoms with Crippen molar-refractivity contribution < 1.29 is 24.2 Å². The van der Waals surface area contributed by atoms with Crippen LogP contribution in [0.25, 0.3) is 0 Å². The molecule has 2 rings (SSSR count). The number of anilines is 1. The van der Waals surface area contributed by atoms with Gasteiger partial charge in [-0.05, 0) is 46.6 Å². The summed E-state index contributed by atoms with van der Waals surface area (Å²) in [4.78, 5) is 22.6. The number of nitrogens with zero attached hydrogens (tertiary/aromatic N) is 1. The Balaban J connectivity index is 2.04. The van der Waals surface area contributed by atoms with E-state index < -0.39 is 18.6 Å². The molecular weight excluding hydrogens is 418 g/mol. The molecule has 0 radical (unpaired) electrons. The maximum absolute atomic E-state index is 11.9. The number of ether oxygens (including phenoxy) is 2. The van der Waals surface area contributed by atoms with Crippen LogP contribution in [0.4, 0.5) is 10.5 Å². The number of aliphatic carboxylic acids is 1. The van der Waals surface area contributed by atoms with Crippen molar-refractivity contribution in [2.45, 2.75) is 6.92 Å². The quantitative estimate of drug-likeness (QED) is 0.456. The van der Waals surface area contributed by atoms with Gasteiger partial charge >= 0.3 is 12.0 Å². The lowest BCUT2D eigenvalue weighted by Crippen LogP contribution is -2.24. The Labute approximate surface area is 164 Å². The molecule has 142 valence electrons. The Morgan fingerprint density at radius 3 is 2.67 bits per heavy atom. The van der Waals surface area contributed by atoms with Gasteiger partial charge in [0.25, 0.3) is 0 Å². The first-order valence-corrected chi connectivity index (χ1v) is 8.58. The summed E-state index contributed by atoms with van der Waals surface area (Å²) in [5, 5.41) is 15.3. The zero-order valence-electron chi connectivity index (χ0n) is 14.7. The minimum Gasteiger partial charge on any atom is -0.493 e. The third kappa shape index (κ3) is 6.00. The van der Waals surface area contributed by atoms with Crippen molar-refractivity contribution in [3.05, 3.63) is 52.0 Å². The van der Waals surface area contributed by atoms with Crippen LogP contribution in [-0.4, -0.2) is 37.0 Å². The van der Waals surface area contributed by atoms with Crippen molar-refractivity contribution in [3.63, 3.8) is 0 Å². The van der Waals surface area contributed by atoms with Crippen LogP contribution >= 0.6 is 15.9 Å². The monoisotopic (exact) mass is 435 g/mol. The fourth-order valence-electron chi connectivity index (χ4n) is 2.09. The first kappa shape index (κ1) is 20.2. The van der Waals surface area contributed by atoms with E-state index in [1.807, 2.05) is 25.1 Å². The number of carbonyl (C=O) groups excluding carboxylic acids is 1. The van der Waals surface area contributed by atoms with Crippen molar-refractivity contribution in [2.24, 2.45) is 5.10 Å². The average Bonchev–Trinajstić information content (AvgIpc) is 2.63. The van der Waals surface area contributed by atoms with Crippen LogP contribution < -0.4 is 20.2 Å². The van der Waals surface area contributed by atoms with E-state index in [4.69, 9.17) is 14.6 Å². The van der Waals surface area contributed by atoms with Gasteiger partial charge in [-0.25, -0.2) is 15.0 Å². The first-order chi connectivity index (χ1) is 12.9. The SMILES string of the molecule is COc1cc(C=NNC(=O)Nc2ccccc2C)c(Br)cc1OCC(=O)O. The molecule has 0 saturated heterocycles. The number of urea groups is 1. The molecule has 0 aliphatic rings. The molecule has 0 spiro atoms. The number of methoxy groups -OCH3 is 1. The first-order valence-electron chi connectivity index (χ1n) is 7.78. The maximum Gasteiger partial charge on any atom is 0.341 e. The Bertz CT molecular complexity index is 870. The number of benzene rings is 2. The second-order valence-corrected chi connectivity index (χ2v) is 6.20. The van der Waals surface area contributed by atoms with E-state index in [1.165, 1.54) is 13.3 Å². The van der Waals surface area contributed by atoms with Gasteiger partial charge in [-0.3, -0.25) is 0 Å². The molecule has 0 aliphatic heterocycles. The lowest BCUT2D eigenvalue weighted by molar-refractivity contribution is -0.139. The number of halogens is 1. The van der Waals surface area contributed by atoms with E-state index in [0.717, 1.165) is 5.56 Å². The molecular formula is C18H18BrN3O5. The van der Waals surface area contributed by atoms with Gasteiger partial charge in [0.05, 0.1) is 13.3 Å². The van der Waals surface area contributed by atoms with E-state index in [0.29, 0.717) is 21.5 Å². The molecule has 27 heavy (non-hydrogen) atoms. The molecule has 3 N–H and O–H groups in total. The molecule has 0 heterocycles. The molecule has 8 nitrogen and oxygen atoms in total. The smallest absolute Gasteiger partial charge is 0.341 e. The van der Waals surface area contributed by atoms with Crippen molar-refractivity contribution in [3.8, 4) is 11.5 Å². The van der Waals surface area contributed by atoms with Gasteiger partial charge in [-0.1, -0.05) is 18.2 Å². The number of carbonyl (C=O) groups is 2. The molecule has 0 aromatic heterocycles. The molecule has 2 aromatic rings. The predicted molar refractivity (Wildman–Crippen MR) is 105 cm³/mol. The second kappa shape index (κ2) is 9.58. The number of amides is 2. The van der Waals surface area contributed by atoms with Crippen molar-refractivity contribution in [1.29, 1.82) is 0 Å². The topological polar surface area (TPSA) is 109 Å². The summed E-state index contributed by atoms with van der Waals surface area (Å²) in [5.74, 6) is -0.484. The van der Waals surface area contributed by atoms with E-state index in [-0.39, 0.29) is 5.75 Å². The zero-order valence-corrected chi connectivity index (χ0v) is 16.2. The van der Waals surface area contributed by atoms with Crippen LogP contribution in [0.1, 0.15) is 11.1 Å². The summed E-state index contributed by atoms with van der Waals surface area (Å²) >= 11 is 3.35. The Morgan fingerprint density at radius 1 is 1.26 bits per heavy atom. The standard InChI is InChI=1S/C18H18BrN3O5/c1-11-5-3-4-6-14(11)21-18(25)22-20-9-12-7-15(26-2)16(8-13(12)19)27-10-17(23)24/h3-9H,10H2,1-2H3,(H,23,24)(H2,21,22,25). The molecule has 0 saturated carbocycles. The molecule has 0 aliphatic carbocycles. The summed E-state index contributed by atoms with van der Waals surface area (Å²) in [5.41, 5.74) is 4.60. The van der Waals surface area contributed by atoms with Gasteiger partial charge in [0, 0.05) is 15.7 Å². The van der Waals surface area contributed by atoms with Gasteiger partial charge in [0.15, 0.2) is 18.1 Å². The lowest BCUT2D eigenvalue weighted by Gasteiger charge is -2.11. The van der Waals surface area contributed by atoms with Crippen LogP contribution in [-0.2, 0) is 4.79 Å². The average molecular weight is 436 g/mol. The van der Waals surface area contributed by atoms with Crippen LogP contribution in [0.15, 0.2) is 46.0 Å². The highest BCUT2D eigenvalue weighted by Crippen LogP contribution is 2.32. The molecule has 9 heteroatoms. The van der Waals surface area contributed by atoms with Crippen LogP contribution in [0, 0.1) is 6.92 Å². The number of hydrogen-bond acceptors (Lipinski definition) is 5. The summed E-state index contributed by atoms with van der Waals surface area (Å²) < 4.78 is 11.0. The molecule has 2 aromatic carbocycles. The maximum atomic E-state index is 11.9. The van der Waals surface area contributed by atoms with Gasteiger partial charge in [0.2, 0.25) is 0 Å². The predicted octanol–water partition coefficient (Wildman–Crippen LogP) is 3.39. The van der Waals surface area contributed by atoms with Crippen LogP contribution in [0.5, 0.6) is 11.5 Å². The Morgan fingerprint density at radius 2 is 2.00 bits per heavy atom. The second-order valence-electron chi connectivity index (χ2n) is 5.35. The number of carboxylic acids is 1. The van der Waals surface area contributed by atoms with Crippen LogP contribution in [0.3, 0.4) is 0 Å². The highest BCUT2D eigenvalue weighted by molar-refractivity contribution is 9.10. The minimum absolute atomic E-state index is 0.272. The Hall–Kier alpha value is -3.07. The third-order valence-electron chi connectivity index (χ3n) is 3.40. The number of hydrogen-bond donors (Lipinski definition) is 3. The highest BCUT2D eigenvalue weighted by atomic mass is 79.9. The van der Waals surface area contributed by atoms with E-state index in [9.17, 15) is 9.59 Å². The van der Waals surface area contributed by atoms with Crippen LogP contribution in [0.2, 0.25) is 0 Å². The van der Waals surface area contributed by atoms with Gasteiger partial charge in [-0.2, -0.15) is 5.10 Å². The van der Waals surface area contributed by atoms with Crippen molar-refractivity contribution >= 4 is 39.8 Å². The van der Waals surface area contributed by atoms with Crippen molar-refractivity contribution in [1.82, 2.24) is 5.43 Å².